The summed E-state index contributed by atoms with van der Waals surface area (Å²) in [6.07, 6.45) is 2.72. The Morgan fingerprint density at radius 1 is 1.13 bits per heavy atom. The second-order valence-electron chi connectivity index (χ2n) is 8.72. The van der Waals surface area contributed by atoms with E-state index in [1.807, 2.05) is 6.92 Å². The highest BCUT2D eigenvalue weighted by atomic mass is 35.5. The molecule has 0 saturated carbocycles. The van der Waals surface area contributed by atoms with E-state index in [2.05, 4.69) is 5.32 Å². The van der Waals surface area contributed by atoms with Crippen molar-refractivity contribution < 1.29 is 27.7 Å². The highest BCUT2D eigenvalue weighted by molar-refractivity contribution is 7.92. The van der Waals surface area contributed by atoms with Crippen molar-refractivity contribution in [3.05, 3.63) is 62.1 Å². The summed E-state index contributed by atoms with van der Waals surface area (Å²) in [6, 6.07) is 7.26. The number of methoxy groups -OCH3 is 1. The second-order valence-corrected chi connectivity index (χ2v) is 11.4. The number of hydrogen-bond acceptors (Lipinski definition) is 7. The molecule has 1 N–H and O–H groups in total. The SMILES string of the molecule is CCCCNC(=O)C(CC)N(Cc1ccc(Cl)c(Cl)c1)C(=O)CN(c1cc([N+](=O)[O-])ccc1OC)S(C)(=O)=O. The lowest BCUT2D eigenvalue weighted by molar-refractivity contribution is -0.384. The van der Waals surface area contributed by atoms with Crippen molar-refractivity contribution in [1.82, 2.24) is 10.2 Å². The van der Waals surface area contributed by atoms with Crippen LogP contribution < -0.4 is 14.4 Å². The molecule has 2 rings (SSSR count). The normalized spacial score (nSPS) is 11.9. The van der Waals surface area contributed by atoms with Crippen molar-refractivity contribution in [3.8, 4) is 5.75 Å². The number of unbranched alkanes of at least 4 members (excludes halogenated alkanes) is 1. The number of nitro groups is 1. The van der Waals surface area contributed by atoms with Gasteiger partial charge in [0.25, 0.3) is 5.69 Å². The van der Waals surface area contributed by atoms with Gasteiger partial charge in [0.1, 0.15) is 24.0 Å². The standard InChI is InChI=1S/C25H32Cl2N4O7S/c1-5-7-12-28-25(33)21(6-2)29(15-17-8-10-19(26)20(27)13-17)24(32)16-30(39(4,36)37)22-14-18(31(34)35)9-11-23(22)38-3/h8-11,13-14,21H,5-7,12,15-16H2,1-4H3,(H,28,33). The van der Waals surface area contributed by atoms with Gasteiger partial charge in [-0.2, -0.15) is 0 Å². The Morgan fingerprint density at radius 3 is 2.36 bits per heavy atom. The minimum atomic E-state index is -4.13. The molecular weight excluding hydrogens is 571 g/mol. The molecule has 0 radical (unpaired) electrons. The number of amides is 2. The van der Waals surface area contributed by atoms with E-state index >= 15 is 0 Å². The molecule has 0 fully saturated rings. The number of hydrogen-bond donors (Lipinski definition) is 1. The summed E-state index contributed by atoms with van der Waals surface area (Å²) >= 11 is 12.2. The van der Waals surface area contributed by atoms with Gasteiger partial charge in [-0.15, -0.1) is 0 Å². The van der Waals surface area contributed by atoms with Crippen LogP contribution in [-0.2, 0) is 26.2 Å². The topological polar surface area (TPSA) is 139 Å². The Kier molecular flexibility index (Phi) is 11.8. The van der Waals surface area contributed by atoms with Crippen molar-refractivity contribution in [2.24, 2.45) is 0 Å². The van der Waals surface area contributed by atoms with Crippen LogP contribution in [0.25, 0.3) is 0 Å². The van der Waals surface area contributed by atoms with Crippen LogP contribution >= 0.6 is 23.2 Å². The highest BCUT2D eigenvalue weighted by Gasteiger charge is 2.33. The predicted molar refractivity (Wildman–Crippen MR) is 151 cm³/mol. The first-order chi connectivity index (χ1) is 18.3. The van der Waals surface area contributed by atoms with E-state index in [4.69, 9.17) is 27.9 Å². The van der Waals surface area contributed by atoms with Crippen LogP contribution in [0.4, 0.5) is 11.4 Å². The molecule has 39 heavy (non-hydrogen) atoms. The van der Waals surface area contributed by atoms with Crippen molar-refractivity contribution in [2.45, 2.75) is 45.7 Å². The maximum atomic E-state index is 13.8. The minimum Gasteiger partial charge on any atom is -0.495 e. The Labute approximate surface area is 238 Å². The number of nitro benzene ring substituents is 1. The fraction of sp³-hybridized carbons (Fsp3) is 0.440. The van der Waals surface area contributed by atoms with E-state index in [1.54, 1.807) is 25.1 Å². The summed E-state index contributed by atoms with van der Waals surface area (Å²) < 4.78 is 31.7. The second kappa shape index (κ2) is 14.3. The molecule has 1 unspecified atom stereocenters. The third-order valence-corrected chi connectivity index (χ3v) is 7.74. The van der Waals surface area contributed by atoms with Crippen LogP contribution in [0.2, 0.25) is 10.0 Å². The van der Waals surface area contributed by atoms with Gasteiger partial charge in [0.15, 0.2) is 0 Å². The summed E-state index contributed by atoms with van der Waals surface area (Å²) in [5, 5.41) is 14.8. The van der Waals surface area contributed by atoms with E-state index < -0.39 is 39.3 Å². The molecule has 0 aromatic heterocycles. The van der Waals surface area contributed by atoms with Crippen LogP contribution in [0.5, 0.6) is 5.75 Å². The van der Waals surface area contributed by atoms with E-state index in [9.17, 15) is 28.1 Å². The molecule has 2 amide bonds. The monoisotopic (exact) mass is 602 g/mol. The van der Waals surface area contributed by atoms with E-state index in [0.29, 0.717) is 17.1 Å². The van der Waals surface area contributed by atoms with Crippen molar-refractivity contribution in [3.63, 3.8) is 0 Å². The molecule has 0 heterocycles. The zero-order valence-corrected chi connectivity index (χ0v) is 24.5. The summed E-state index contributed by atoms with van der Waals surface area (Å²) in [4.78, 5) is 38.8. The van der Waals surface area contributed by atoms with Crippen LogP contribution in [-0.4, -0.2) is 62.6 Å². The summed E-state index contributed by atoms with van der Waals surface area (Å²) in [5.74, 6) is -1.09. The molecule has 2 aromatic rings. The third-order valence-electron chi connectivity index (χ3n) is 5.87. The first kappa shape index (κ1) is 32.1. The number of non-ortho nitro benzene ring substituents is 1. The quantitative estimate of drug-likeness (QED) is 0.192. The average molecular weight is 604 g/mol. The van der Waals surface area contributed by atoms with Crippen LogP contribution in [0.15, 0.2) is 36.4 Å². The van der Waals surface area contributed by atoms with Crippen molar-refractivity contribution >= 4 is 56.4 Å². The number of rotatable bonds is 14. The molecule has 0 aliphatic rings. The minimum absolute atomic E-state index is 0.0132. The number of carbonyl (C=O) groups is 2. The van der Waals surface area contributed by atoms with Gasteiger partial charge in [-0.25, -0.2) is 8.42 Å². The van der Waals surface area contributed by atoms with Gasteiger partial charge in [0, 0.05) is 25.2 Å². The molecule has 0 spiro atoms. The largest absolute Gasteiger partial charge is 0.495 e. The van der Waals surface area contributed by atoms with Gasteiger partial charge in [0.05, 0.1) is 28.3 Å². The molecule has 0 saturated heterocycles. The molecule has 0 bridgehead atoms. The van der Waals surface area contributed by atoms with Crippen LogP contribution in [0, 0.1) is 10.1 Å². The van der Waals surface area contributed by atoms with Gasteiger partial charge in [-0.05, 0) is 36.6 Å². The third kappa shape index (κ3) is 8.70. The van der Waals surface area contributed by atoms with Crippen LogP contribution in [0.1, 0.15) is 38.7 Å². The lowest BCUT2D eigenvalue weighted by Gasteiger charge is -2.33. The molecule has 2 aromatic carbocycles. The smallest absolute Gasteiger partial charge is 0.271 e. The Balaban J connectivity index is 2.55. The first-order valence-corrected chi connectivity index (χ1v) is 14.8. The average Bonchev–Trinajstić information content (AvgIpc) is 2.88. The highest BCUT2D eigenvalue weighted by Crippen LogP contribution is 2.34. The first-order valence-electron chi connectivity index (χ1n) is 12.1. The van der Waals surface area contributed by atoms with Gasteiger partial charge in [0.2, 0.25) is 21.8 Å². The summed E-state index contributed by atoms with van der Waals surface area (Å²) in [7, 11) is -2.86. The van der Waals surface area contributed by atoms with E-state index in [-0.39, 0.29) is 35.1 Å². The number of anilines is 1. The van der Waals surface area contributed by atoms with Gasteiger partial charge in [-0.3, -0.25) is 24.0 Å². The zero-order valence-electron chi connectivity index (χ0n) is 22.1. The van der Waals surface area contributed by atoms with Crippen molar-refractivity contribution in [1.29, 1.82) is 0 Å². The van der Waals surface area contributed by atoms with Crippen LogP contribution in [0.3, 0.4) is 0 Å². The maximum absolute atomic E-state index is 13.8. The number of ether oxygens (including phenoxy) is 1. The molecule has 1 atom stereocenters. The zero-order chi connectivity index (χ0) is 29.3. The van der Waals surface area contributed by atoms with Crippen molar-refractivity contribution in [2.75, 3.05) is 30.8 Å². The Hall–Kier alpha value is -3.09. The molecule has 0 aliphatic carbocycles. The number of nitrogens with zero attached hydrogens (tertiary/aromatic N) is 3. The fourth-order valence-electron chi connectivity index (χ4n) is 3.84. The predicted octanol–water partition coefficient (Wildman–Crippen LogP) is 4.40. The fourth-order valence-corrected chi connectivity index (χ4v) is 5.01. The number of halogens is 2. The van der Waals surface area contributed by atoms with E-state index in [0.717, 1.165) is 35.5 Å². The Bertz CT molecular complexity index is 1310. The number of benzene rings is 2. The van der Waals surface area contributed by atoms with E-state index in [1.165, 1.54) is 18.1 Å². The molecule has 14 heteroatoms. The molecular formula is C25H32Cl2N4O7S. The molecule has 0 aliphatic heterocycles. The molecule has 11 nitrogen and oxygen atoms in total. The number of sulfonamides is 1. The summed E-state index contributed by atoms with van der Waals surface area (Å²) in [6.45, 7) is 3.32. The maximum Gasteiger partial charge on any atom is 0.271 e. The van der Waals surface area contributed by atoms with Gasteiger partial charge < -0.3 is 15.0 Å². The summed E-state index contributed by atoms with van der Waals surface area (Å²) in [5.41, 5.74) is -0.00447. The lowest BCUT2D eigenvalue weighted by atomic mass is 10.1. The Morgan fingerprint density at radius 2 is 1.82 bits per heavy atom. The van der Waals surface area contributed by atoms with Gasteiger partial charge in [-0.1, -0.05) is 49.5 Å². The number of carbonyl (C=O) groups excluding carboxylic acids is 2. The molecule has 214 valence electrons. The van der Waals surface area contributed by atoms with Gasteiger partial charge >= 0.3 is 0 Å². The lowest BCUT2D eigenvalue weighted by Crippen LogP contribution is -2.52. The number of nitrogens with one attached hydrogen (secondary N) is 1.